The minimum absolute atomic E-state index is 0.00899. The lowest BCUT2D eigenvalue weighted by molar-refractivity contribution is -0.190. The van der Waals surface area contributed by atoms with Gasteiger partial charge in [0.15, 0.2) is 34.9 Å². The second-order valence-electron chi connectivity index (χ2n) is 10.0. The van der Waals surface area contributed by atoms with Gasteiger partial charge >= 0.3 is 12.2 Å². The molecular formula is C32H12F14O3. The molecule has 5 rings (SSSR count). The molecule has 0 saturated carbocycles. The second kappa shape index (κ2) is 12.5. The maximum absolute atomic E-state index is 14.9. The normalized spacial score (nSPS) is 12.0. The van der Waals surface area contributed by atoms with E-state index in [1.807, 2.05) is 0 Å². The quantitative estimate of drug-likeness (QED) is 0.129. The summed E-state index contributed by atoms with van der Waals surface area (Å²) in [7, 11) is 0. The van der Waals surface area contributed by atoms with E-state index in [0.717, 1.165) is 18.2 Å². The summed E-state index contributed by atoms with van der Waals surface area (Å²) < 4.78 is 207. The number of rotatable bonds is 8. The average molecular weight is 710 g/mol. The molecule has 0 aliphatic carbocycles. The first kappa shape index (κ1) is 34.8. The Labute approximate surface area is 264 Å². The Balaban J connectivity index is 1.47. The number of halogens is 14. The van der Waals surface area contributed by atoms with Crippen LogP contribution in [0, 0.1) is 58.2 Å². The Bertz CT molecular complexity index is 1880. The van der Waals surface area contributed by atoms with Crippen molar-refractivity contribution >= 4 is 0 Å². The van der Waals surface area contributed by atoms with Crippen molar-refractivity contribution in [2.24, 2.45) is 0 Å². The Morgan fingerprint density at radius 2 is 0.633 bits per heavy atom. The predicted octanol–water partition coefficient (Wildman–Crippen LogP) is 10.4. The molecule has 49 heavy (non-hydrogen) atoms. The monoisotopic (exact) mass is 710 g/mol. The van der Waals surface area contributed by atoms with E-state index in [1.165, 1.54) is 0 Å². The predicted molar refractivity (Wildman–Crippen MR) is 140 cm³/mol. The van der Waals surface area contributed by atoms with Crippen molar-refractivity contribution in [2.45, 2.75) is 12.2 Å². The molecule has 1 N–H and O–H groups in total. The number of aromatic hydroxyl groups is 1. The number of phenolic OH excluding ortho intramolecular Hbond substituents is 1. The van der Waals surface area contributed by atoms with Crippen LogP contribution < -0.4 is 9.47 Å². The molecule has 0 aliphatic heterocycles. The van der Waals surface area contributed by atoms with Gasteiger partial charge in [-0.15, -0.1) is 0 Å². The fraction of sp³-hybridized carbons (Fsp3) is 0.0625. The summed E-state index contributed by atoms with van der Waals surface area (Å²) in [6.45, 7) is 0. The maximum atomic E-state index is 14.9. The SMILES string of the molecule is Oc1cc(-c2cc(F)c(C(F)(F)Oc3cc(F)c(F)c(F)c3)c(F)c2)cc(-c2cc(F)c(C(F)(F)Oc3cc(F)c(F)c(F)c3)c(F)c2)c1. The second-order valence-corrected chi connectivity index (χ2v) is 10.0. The molecule has 0 radical (unpaired) electrons. The van der Waals surface area contributed by atoms with Crippen LogP contribution in [0.2, 0.25) is 0 Å². The number of hydrogen-bond donors (Lipinski definition) is 1. The lowest BCUT2D eigenvalue weighted by Gasteiger charge is -2.20. The molecule has 256 valence electrons. The average Bonchev–Trinajstić information content (AvgIpc) is 2.96. The van der Waals surface area contributed by atoms with E-state index in [0.29, 0.717) is 24.3 Å². The van der Waals surface area contributed by atoms with Crippen LogP contribution in [0.3, 0.4) is 0 Å². The van der Waals surface area contributed by atoms with E-state index >= 15 is 0 Å². The third-order valence-electron chi connectivity index (χ3n) is 6.66. The van der Waals surface area contributed by atoms with Crippen LogP contribution in [0.5, 0.6) is 17.2 Å². The van der Waals surface area contributed by atoms with Crippen LogP contribution in [0.15, 0.2) is 66.7 Å². The van der Waals surface area contributed by atoms with Crippen LogP contribution in [-0.2, 0) is 12.2 Å². The van der Waals surface area contributed by atoms with Gasteiger partial charge in [-0.3, -0.25) is 0 Å². The lowest BCUT2D eigenvalue weighted by Crippen LogP contribution is -2.25. The first-order valence-electron chi connectivity index (χ1n) is 13.0. The van der Waals surface area contributed by atoms with Crippen LogP contribution in [0.25, 0.3) is 22.3 Å². The molecule has 5 aromatic carbocycles. The van der Waals surface area contributed by atoms with Gasteiger partial charge in [0, 0.05) is 24.3 Å². The minimum Gasteiger partial charge on any atom is -0.508 e. The highest BCUT2D eigenvalue weighted by Gasteiger charge is 2.43. The van der Waals surface area contributed by atoms with Crippen LogP contribution >= 0.6 is 0 Å². The Kier molecular flexibility index (Phi) is 8.90. The fourth-order valence-electron chi connectivity index (χ4n) is 4.56. The van der Waals surface area contributed by atoms with Crippen molar-refractivity contribution in [1.82, 2.24) is 0 Å². The first-order valence-corrected chi connectivity index (χ1v) is 13.0. The molecule has 0 aromatic heterocycles. The number of benzene rings is 5. The molecule has 0 spiro atoms. The van der Waals surface area contributed by atoms with Crippen molar-refractivity contribution in [3.05, 3.63) is 136 Å². The first-order chi connectivity index (χ1) is 22.8. The Hall–Kier alpha value is -5.48. The van der Waals surface area contributed by atoms with Gasteiger partial charge in [0.1, 0.15) is 51.6 Å². The molecule has 17 heteroatoms. The molecule has 0 atom stereocenters. The van der Waals surface area contributed by atoms with Crippen molar-refractivity contribution in [3.8, 4) is 39.5 Å². The summed E-state index contributed by atoms with van der Waals surface area (Å²) in [5.41, 5.74) is -6.05. The van der Waals surface area contributed by atoms with E-state index in [9.17, 15) is 66.6 Å². The van der Waals surface area contributed by atoms with Crippen molar-refractivity contribution in [3.63, 3.8) is 0 Å². The molecule has 0 heterocycles. The number of hydrogen-bond acceptors (Lipinski definition) is 3. The standard InChI is InChI=1S/C32H12F14O3/c33-19-4-14(5-20(34)27(19)31(43,44)48-17-8-23(37)29(41)24(38)9-17)12-1-13(3-16(47)2-12)15-6-21(35)28(22(36)7-15)32(45,46)49-18-10-25(39)30(42)26(40)11-18/h1-11,47H. The topological polar surface area (TPSA) is 38.7 Å². The van der Waals surface area contributed by atoms with E-state index in [-0.39, 0.29) is 35.4 Å². The van der Waals surface area contributed by atoms with Crippen molar-refractivity contribution in [1.29, 1.82) is 0 Å². The van der Waals surface area contributed by atoms with Crippen molar-refractivity contribution in [2.75, 3.05) is 0 Å². The van der Waals surface area contributed by atoms with E-state index < -0.39 is 110 Å². The van der Waals surface area contributed by atoms with Gasteiger partial charge in [-0.25, -0.2) is 43.9 Å². The highest BCUT2D eigenvalue weighted by molar-refractivity contribution is 5.75. The fourth-order valence-corrected chi connectivity index (χ4v) is 4.56. The van der Waals surface area contributed by atoms with Gasteiger partial charge in [-0.1, -0.05) is 0 Å². The van der Waals surface area contributed by atoms with Gasteiger partial charge in [0.25, 0.3) is 0 Å². The molecule has 0 aliphatic rings. The van der Waals surface area contributed by atoms with Gasteiger partial charge in [-0.2, -0.15) is 17.6 Å². The van der Waals surface area contributed by atoms with E-state index in [2.05, 4.69) is 9.47 Å². The van der Waals surface area contributed by atoms with Gasteiger partial charge in [-0.05, 0) is 64.7 Å². The summed E-state index contributed by atoms with van der Waals surface area (Å²) in [4.78, 5) is 0. The zero-order chi connectivity index (χ0) is 36.2. The highest BCUT2D eigenvalue weighted by atomic mass is 19.3. The molecule has 0 amide bonds. The number of ether oxygens (including phenoxy) is 2. The zero-order valence-electron chi connectivity index (χ0n) is 23.4. The molecular weight excluding hydrogens is 698 g/mol. The summed E-state index contributed by atoms with van der Waals surface area (Å²) >= 11 is 0. The van der Waals surface area contributed by atoms with Crippen LogP contribution in [-0.4, -0.2) is 5.11 Å². The molecule has 0 unspecified atom stereocenters. The summed E-state index contributed by atoms with van der Waals surface area (Å²) in [5, 5.41) is 10.2. The Morgan fingerprint density at radius 1 is 0.367 bits per heavy atom. The Morgan fingerprint density at radius 3 is 0.918 bits per heavy atom. The number of alkyl halides is 4. The van der Waals surface area contributed by atoms with Crippen LogP contribution in [0.1, 0.15) is 11.1 Å². The third-order valence-corrected chi connectivity index (χ3v) is 6.66. The summed E-state index contributed by atoms with van der Waals surface area (Å²) in [6.07, 6.45) is -9.87. The number of phenols is 1. The maximum Gasteiger partial charge on any atom is 0.432 e. The largest absolute Gasteiger partial charge is 0.508 e. The van der Waals surface area contributed by atoms with E-state index in [1.54, 1.807) is 0 Å². The molecule has 0 saturated heterocycles. The molecule has 0 fully saturated rings. The van der Waals surface area contributed by atoms with Gasteiger partial charge in [0.2, 0.25) is 0 Å². The zero-order valence-corrected chi connectivity index (χ0v) is 23.4. The van der Waals surface area contributed by atoms with Gasteiger partial charge in [0.05, 0.1) is 0 Å². The molecule has 5 aromatic rings. The van der Waals surface area contributed by atoms with Gasteiger partial charge < -0.3 is 14.6 Å². The summed E-state index contributed by atoms with van der Waals surface area (Å²) in [5.74, 6) is -23.3. The smallest absolute Gasteiger partial charge is 0.432 e. The molecule has 0 bridgehead atoms. The minimum atomic E-state index is -4.94. The van der Waals surface area contributed by atoms with Crippen LogP contribution in [0.4, 0.5) is 61.5 Å². The molecule has 3 nitrogen and oxygen atoms in total. The van der Waals surface area contributed by atoms with E-state index in [4.69, 9.17) is 0 Å². The third kappa shape index (κ3) is 6.91. The highest BCUT2D eigenvalue weighted by Crippen LogP contribution is 2.41. The van der Waals surface area contributed by atoms with Crippen molar-refractivity contribution < 1.29 is 76.0 Å². The summed E-state index contributed by atoms with van der Waals surface area (Å²) in [6, 6.07) is 3.68. The lowest BCUT2D eigenvalue weighted by atomic mass is 9.96.